The Morgan fingerprint density at radius 2 is 1.29 bits per heavy atom. The Morgan fingerprint density at radius 1 is 0.589 bits per heavy atom. The minimum atomic E-state index is -0.336. The summed E-state index contributed by atoms with van der Waals surface area (Å²) in [4.78, 5) is 0. The lowest BCUT2D eigenvalue weighted by molar-refractivity contribution is 0.661. The van der Waals surface area contributed by atoms with Crippen molar-refractivity contribution in [1.82, 2.24) is 5.32 Å². The molecular weight excluding hydrogens is 681 g/mol. The van der Waals surface area contributed by atoms with Gasteiger partial charge in [0.15, 0.2) is 0 Å². The molecule has 0 saturated heterocycles. The van der Waals surface area contributed by atoms with Crippen LogP contribution in [0.25, 0.3) is 71.8 Å². The molecular formula is C53H42N2O. The number of hydrogen-bond acceptors (Lipinski definition) is 3. The molecule has 1 aromatic heterocycles. The van der Waals surface area contributed by atoms with Crippen LogP contribution in [-0.4, -0.2) is 0 Å². The fourth-order valence-electron chi connectivity index (χ4n) is 8.70. The first-order valence-electron chi connectivity index (χ1n) is 19.5. The standard InChI is InChI=1S/C53H42N2O/c1-53(2)46-20-11-19-42(52(46)45-30-38-14-6-7-15-39(38)31-47(45)53)35-22-24-36(25-23-35)49(55-33-34-12-4-3-5-13-34)32-48(54)41-17-10-16-37(28-41)40-26-27-51-44(29-40)43-18-8-9-21-50(43)56-51/h3-32,48,55H,33,54H2,1-2H3/b49-32-. The highest BCUT2D eigenvalue weighted by atomic mass is 16.3. The summed E-state index contributed by atoms with van der Waals surface area (Å²) in [5, 5.41) is 8.55. The third kappa shape index (κ3) is 5.89. The fraction of sp³-hybridized carbons (Fsp3) is 0.0943. The summed E-state index contributed by atoms with van der Waals surface area (Å²) in [6.07, 6.45) is 2.16. The van der Waals surface area contributed by atoms with Gasteiger partial charge in [0.2, 0.25) is 0 Å². The monoisotopic (exact) mass is 722 g/mol. The SMILES string of the molecule is CC1(C)c2cc3ccccc3cc2-c2c(-c3ccc(/C(=C/C(N)c4cccc(-c5ccc6oc7ccccc7c6c5)c4)NCc4ccccc4)cc3)cccc21. The van der Waals surface area contributed by atoms with E-state index in [4.69, 9.17) is 10.2 Å². The number of rotatable bonds is 8. The van der Waals surface area contributed by atoms with Crippen LogP contribution in [0.5, 0.6) is 0 Å². The Morgan fingerprint density at radius 3 is 2.12 bits per heavy atom. The summed E-state index contributed by atoms with van der Waals surface area (Å²) in [6.45, 7) is 5.40. The molecule has 0 amide bonds. The normalized spacial score (nSPS) is 13.9. The molecule has 56 heavy (non-hydrogen) atoms. The van der Waals surface area contributed by atoms with Crippen molar-refractivity contribution in [2.45, 2.75) is 31.8 Å². The van der Waals surface area contributed by atoms with E-state index in [1.165, 1.54) is 49.7 Å². The van der Waals surface area contributed by atoms with Gasteiger partial charge >= 0.3 is 0 Å². The van der Waals surface area contributed by atoms with E-state index in [0.717, 1.165) is 49.9 Å². The second-order valence-electron chi connectivity index (χ2n) is 15.6. The maximum Gasteiger partial charge on any atom is 0.135 e. The quantitative estimate of drug-likeness (QED) is 0.164. The third-order valence-corrected chi connectivity index (χ3v) is 11.7. The van der Waals surface area contributed by atoms with E-state index in [1.54, 1.807) is 0 Å². The van der Waals surface area contributed by atoms with E-state index in [9.17, 15) is 0 Å². The van der Waals surface area contributed by atoms with Crippen molar-refractivity contribution in [2.75, 3.05) is 0 Å². The summed E-state index contributed by atoms with van der Waals surface area (Å²) in [7, 11) is 0. The van der Waals surface area contributed by atoms with E-state index < -0.39 is 0 Å². The number of furan rings is 1. The molecule has 270 valence electrons. The van der Waals surface area contributed by atoms with Gasteiger partial charge in [-0.05, 0) is 114 Å². The minimum Gasteiger partial charge on any atom is -0.456 e. The highest BCUT2D eigenvalue weighted by molar-refractivity contribution is 6.06. The van der Waals surface area contributed by atoms with Crippen molar-refractivity contribution in [3.63, 3.8) is 0 Å². The number of para-hydroxylation sites is 1. The summed E-state index contributed by atoms with van der Waals surface area (Å²) >= 11 is 0. The largest absolute Gasteiger partial charge is 0.456 e. The van der Waals surface area contributed by atoms with E-state index >= 15 is 0 Å². The number of hydrogen-bond donors (Lipinski definition) is 2. The van der Waals surface area contributed by atoms with Crippen LogP contribution in [0.3, 0.4) is 0 Å². The van der Waals surface area contributed by atoms with Crippen molar-refractivity contribution >= 4 is 38.4 Å². The van der Waals surface area contributed by atoms with Gasteiger partial charge in [0.05, 0.1) is 6.04 Å². The summed E-state index contributed by atoms with van der Waals surface area (Å²) in [6, 6.07) is 62.6. The molecule has 0 radical (unpaired) electrons. The molecule has 0 bridgehead atoms. The van der Waals surface area contributed by atoms with E-state index in [2.05, 4.69) is 189 Å². The van der Waals surface area contributed by atoms with Crippen molar-refractivity contribution in [3.05, 3.63) is 210 Å². The molecule has 9 aromatic rings. The molecule has 0 spiro atoms. The van der Waals surface area contributed by atoms with Gasteiger partial charge in [-0.25, -0.2) is 0 Å². The molecule has 3 nitrogen and oxygen atoms in total. The molecule has 1 unspecified atom stereocenters. The highest BCUT2D eigenvalue weighted by Gasteiger charge is 2.37. The first-order chi connectivity index (χ1) is 27.4. The molecule has 1 aliphatic rings. The van der Waals surface area contributed by atoms with E-state index in [0.29, 0.717) is 6.54 Å². The van der Waals surface area contributed by atoms with Crippen molar-refractivity contribution < 1.29 is 4.42 Å². The summed E-state index contributed by atoms with van der Waals surface area (Å²) < 4.78 is 6.10. The van der Waals surface area contributed by atoms with Crippen molar-refractivity contribution in [2.24, 2.45) is 5.73 Å². The van der Waals surface area contributed by atoms with Crippen molar-refractivity contribution in [3.8, 4) is 33.4 Å². The van der Waals surface area contributed by atoms with Gasteiger partial charge in [-0.3, -0.25) is 0 Å². The molecule has 8 aromatic carbocycles. The first kappa shape index (κ1) is 33.9. The van der Waals surface area contributed by atoms with Gasteiger partial charge in [0, 0.05) is 28.4 Å². The number of nitrogens with one attached hydrogen (secondary N) is 1. The lowest BCUT2D eigenvalue weighted by atomic mass is 9.81. The maximum absolute atomic E-state index is 7.06. The van der Waals surface area contributed by atoms with Crippen LogP contribution in [0.1, 0.15) is 47.7 Å². The number of benzene rings is 8. The average molecular weight is 723 g/mol. The summed E-state index contributed by atoms with van der Waals surface area (Å²) in [5.41, 5.74) is 23.3. The van der Waals surface area contributed by atoms with Crippen LogP contribution in [0.2, 0.25) is 0 Å². The lowest BCUT2D eigenvalue weighted by Crippen LogP contribution is -2.16. The zero-order valence-corrected chi connectivity index (χ0v) is 31.6. The molecule has 1 aliphatic carbocycles. The van der Waals surface area contributed by atoms with E-state index in [-0.39, 0.29) is 11.5 Å². The molecule has 0 aliphatic heterocycles. The topological polar surface area (TPSA) is 51.2 Å². The molecule has 0 fully saturated rings. The zero-order chi connectivity index (χ0) is 37.8. The molecule has 1 heterocycles. The number of fused-ring (bicyclic) bond motifs is 7. The van der Waals surface area contributed by atoms with Crippen LogP contribution in [0.15, 0.2) is 186 Å². The Kier molecular flexibility index (Phi) is 8.20. The third-order valence-electron chi connectivity index (χ3n) is 11.7. The number of nitrogens with two attached hydrogens (primary N) is 1. The predicted molar refractivity (Wildman–Crippen MR) is 234 cm³/mol. The Labute approximate surface area is 327 Å². The van der Waals surface area contributed by atoms with Gasteiger partial charge < -0.3 is 15.5 Å². The lowest BCUT2D eigenvalue weighted by Gasteiger charge is -2.22. The van der Waals surface area contributed by atoms with Gasteiger partial charge in [0.1, 0.15) is 11.2 Å². The second kappa shape index (κ2) is 13.6. The van der Waals surface area contributed by atoms with Gasteiger partial charge in [-0.2, -0.15) is 0 Å². The average Bonchev–Trinajstić information content (AvgIpc) is 3.73. The molecule has 3 heteroatoms. The van der Waals surface area contributed by atoms with Crippen LogP contribution in [0, 0.1) is 0 Å². The van der Waals surface area contributed by atoms with Crippen LogP contribution < -0.4 is 11.1 Å². The van der Waals surface area contributed by atoms with Crippen LogP contribution >= 0.6 is 0 Å². The molecule has 1 atom stereocenters. The van der Waals surface area contributed by atoms with Gasteiger partial charge in [0.25, 0.3) is 0 Å². The van der Waals surface area contributed by atoms with Crippen molar-refractivity contribution in [1.29, 1.82) is 0 Å². The Hall–Kier alpha value is -6.68. The minimum absolute atomic E-state index is 0.0876. The molecule has 3 N–H and O–H groups in total. The Bertz CT molecular complexity index is 2950. The molecule has 0 saturated carbocycles. The summed E-state index contributed by atoms with van der Waals surface area (Å²) in [5.74, 6) is 0. The molecule has 10 rings (SSSR count). The second-order valence-corrected chi connectivity index (χ2v) is 15.6. The predicted octanol–water partition coefficient (Wildman–Crippen LogP) is 13.2. The first-order valence-corrected chi connectivity index (χ1v) is 19.5. The zero-order valence-electron chi connectivity index (χ0n) is 31.6. The van der Waals surface area contributed by atoms with Gasteiger partial charge in [-0.1, -0.05) is 153 Å². The Balaban J connectivity index is 1.000. The van der Waals surface area contributed by atoms with Crippen LogP contribution in [0.4, 0.5) is 0 Å². The van der Waals surface area contributed by atoms with Gasteiger partial charge in [-0.15, -0.1) is 0 Å². The highest BCUT2D eigenvalue weighted by Crippen LogP contribution is 2.53. The maximum atomic E-state index is 7.06. The van der Waals surface area contributed by atoms with E-state index in [1.807, 2.05) is 12.1 Å². The smallest absolute Gasteiger partial charge is 0.135 e. The van der Waals surface area contributed by atoms with Crippen LogP contribution in [-0.2, 0) is 12.0 Å². The fourth-order valence-corrected chi connectivity index (χ4v) is 8.70.